The summed E-state index contributed by atoms with van der Waals surface area (Å²) in [6.45, 7) is 0. The third-order valence-corrected chi connectivity index (χ3v) is 7.51. The lowest BCUT2D eigenvalue weighted by Gasteiger charge is -2.43. The van der Waals surface area contributed by atoms with Crippen molar-refractivity contribution in [1.29, 1.82) is 0 Å². The number of benzene rings is 4. The Morgan fingerprint density at radius 2 is 1.32 bits per heavy atom. The van der Waals surface area contributed by atoms with E-state index in [2.05, 4.69) is 0 Å². The molecule has 1 heterocycles. The summed E-state index contributed by atoms with van der Waals surface area (Å²) in [5.74, 6) is 2.08. The molecule has 5 rings (SSSR count). The topological polar surface area (TPSA) is 44.8 Å². The van der Waals surface area contributed by atoms with Crippen molar-refractivity contribution in [1.82, 2.24) is 0 Å². The Hall–Kier alpha value is -3.70. The maximum Gasteiger partial charge on any atom is 0.191 e. The molecular weight excluding hydrogens is 444 g/mol. The van der Waals surface area contributed by atoms with Crippen molar-refractivity contribution >= 4 is 17.5 Å². The number of methoxy groups -OCH3 is 2. The largest absolute Gasteiger partial charge is 0.497 e. The van der Waals surface area contributed by atoms with Crippen LogP contribution in [0.25, 0.3) is 0 Å². The zero-order valence-electron chi connectivity index (χ0n) is 18.9. The van der Waals surface area contributed by atoms with Gasteiger partial charge in [-0.2, -0.15) is 0 Å². The van der Waals surface area contributed by atoms with Crippen LogP contribution in [0, 0.1) is 0 Å². The highest BCUT2D eigenvalue weighted by molar-refractivity contribution is 8.01. The Morgan fingerprint density at radius 1 is 0.735 bits per heavy atom. The molecule has 0 fully saturated rings. The summed E-state index contributed by atoms with van der Waals surface area (Å²) in [7, 11) is 3.27. The van der Waals surface area contributed by atoms with E-state index in [-0.39, 0.29) is 5.78 Å². The van der Waals surface area contributed by atoms with E-state index in [0.717, 1.165) is 27.5 Å². The third-order valence-electron chi connectivity index (χ3n) is 6.04. The highest BCUT2D eigenvalue weighted by Gasteiger charge is 2.54. The van der Waals surface area contributed by atoms with Gasteiger partial charge in [0.15, 0.2) is 11.9 Å². The van der Waals surface area contributed by atoms with E-state index in [1.807, 2.05) is 103 Å². The highest BCUT2D eigenvalue weighted by Crippen LogP contribution is 2.57. The Morgan fingerprint density at radius 3 is 1.97 bits per heavy atom. The summed E-state index contributed by atoms with van der Waals surface area (Å²) in [5.41, 5.74) is 2.32. The minimum absolute atomic E-state index is 0.00851. The van der Waals surface area contributed by atoms with Gasteiger partial charge in [-0.3, -0.25) is 4.79 Å². The Kier molecular flexibility index (Phi) is 6.03. The van der Waals surface area contributed by atoms with Crippen molar-refractivity contribution in [2.75, 3.05) is 14.2 Å². The van der Waals surface area contributed by atoms with Crippen molar-refractivity contribution < 1.29 is 19.0 Å². The number of rotatable bonds is 6. The van der Waals surface area contributed by atoms with Crippen LogP contribution in [0.3, 0.4) is 0 Å². The minimum atomic E-state index is -1.06. The molecule has 4 nitrogen and oxygen atoms in total. The molecule has 0 aliphatic carbocycles. The maximum atomic E-state index is 14.4. The number of Topliss-reactive ketones (excluding diaryl/α,β-unsaturated/α-hetero) is 1. The minimum Gasteiger partial charge on any atom is -0.497 e. The Bertz CT molecular complexity index is 1290. The van der Waals surface area contributed by atoms with Crippen LogP contribution in [0.1, 0.15) is 27.6 Å². The first-order valence-electron chi connectivity index (χ1n) is 11.0. The second kappa shape index (κ2) is 9.27. The molecule has 1 aliphatic rings. The van der Waals surface area contributed by atoms with Crippen LogP contribution in [0.15, 0.2) is 108 Å². The van der Waals surface area contributed by atoms with Crippen LogP contribution in [0.2, 0.25) is 0 Å². The average Bonchev–Trinajstić information content (AvgIpc) is 2.91. The standard InChI is InChI=1S/C29H24O4S/c1-31-22-16-12-20(13-17-22)28-29(34-24-8-4-3-5-9-24,21-14-18-23(32-2)19-15-21)27(30)25-10-6-7-11-26(25)33-28/h3-19,28H,1-2H3. The molecule has 0 amide bonds. The second-order valence-electron chi connectivity index (χ2n) is 7.98. The number of thioether (sulfide) groups is 1. The summed E-state index contributed by atoms with van der Waals surface area (Å²) in [5, 5.41) is 0. The molecule has 170 valence electrons. The molecule has 5 heteroatoms. The lowest BCUT2D eigenvalue weighted by atomic mass is 9.80. The van der Waals surface area contributed by atoms with Crippen LogP contribution in [-0.2, 0) is 4.75 Å². The molecule has 2 unspecified atom stereocenters. The maximum absolute atomic E-state index is 14.4. The fraction of sp³-hybridized carbons (Fsp3) is 0.138. The van der Waals surface area contributed by atoms with Gasteiger partial charge < -0.3 is 14.2 Å². The number of para-hydroxylation sites is 1. The van der Waals surface area contributed by atoms with Crippen molar-refractivity contribution in [3.8, 4) is 17.2 Å². The van der Waals surface area contributed by atoms with Gasteiger partial charge in [0.05, 0.1) is 19.8 Å². The lowest BCUT2D eigenvalue weighted by Crippen LogP contribution is -2.45. The normalized spacial score (nSPS) is 19.1. The van der Waals surface area contributed by atoms with E-state index in [1.165, 1.54) is 11.8 Å². The molecule has 0 radical (unpaired) electrons. The molecule has 4 aromatic carbocycles. The second-order valence-corrected chi connectivity index (χ2v) is 9.30. The van der Waals surface area contributed by atoms with Gasteiger partial charge in [0.1, 0.15) is 22.0 Å². The Labute approximate surface area is 203 Å². The van der Waals surface area contributed by atoms with Crippen LogP contribution >= 0.6 is 11.8 Å². The molecule has 0 bridgehead atoms. The SMILES string of the molecule is COc1ccc(C2Oc3ccccc3C(=O)C2(Sc2ccccc2)c2ccc(OC)cc2)cc1. The molecule has 1 aliphatic heterocycles. The fourth-order valence-electron chi connectivity index (χ4n) is 4.32. The van der Waals surface area contributed by atoms with Gasteiger partial charge in [0.25, 0.3) is 0 Å². The number of carbonyl (C=O) groups excluding carboxylic acids is 1. The molecule has 0 saturated heterocycles. The lowest BCUT2D eigenvalue weighted by molar-refractivity contribution is 0.0727. The van der Waals surface area contributed by atoms with E-state index < -0.39 is 10.9 Å². The smallest absolute Gasteiger partial charge is 0.191 e. The van der Waals surface area contributed by atoms with E-state index in [9.17, 15) is 4.79 Å². The number of ketones is 1. The van der Waals surface area contributed by atoms with E-state index in [0.29, 0.717) is 11.3 Å². The molecular formula is C29H24O4S. The third kappa shape index (κ3) is 3.82. The molecule has 0 N–H and O–H groups in total. The zero-order valence-corrected chi connectivity index (χ0v) is 19.8. The zero-order chi connectivity index (χ0) is 23.5. The van der Waals surface area contributed by atoms with Gasteiger partial charge in [0.2, 0.25) is 0 Å². The van der Waals surface area contributed by atoms with Crippen LogP contribution < -0.4 is 14.2 Å². The number of ether oxygens (including phenoxy) is 3. The van der Waals surface area contributed by atoms with E-state index in [1.54, 1.807) is 14.2 Å². The summed E-state index contributed by atoms with van der Waals surface area (Å²) in [6.07, 6.45) is -0.570. The molecule has 0 spiro atoms. The Balaban J connectivity index is 1.76. The summed E-state index contributed by atoms with van der Waals surface area (Å²) >= 11 is 1.52. The van der Waals surface area contributed by atoms with Crippen LogP contribution in [-0.4, -0.2) is 20.0 Å². The first kappa shape index (κ1) is 22.1. The van der Waals surface area contributed by atoms with Crippen LogP contribution in [0.5, 0.6) is 17.2 Å². The van der Waals surface area contributed by atoms with Crippen molar-refractivity contribution in [2.24, 2.45) is 0 Å². The molecule has 2 atom stereocenters. The number of fused-ring (bicyclic) bond motifs is 1. The first-order valence-corrected chi connectivity index (χ1v) is 11.8. The van der Waals surface area contributed by atoms with Crippen molar-refractivity contribution in [2.45, 2.75) is 15.7 Å². The van der Waals surface area contributed by atoms with Crippen LogP contribution in [0.4, 0.5) is 0 Å². The average molecular weight is 469 g/mol. The molecule has 4 aromatic rings. The van der Waals surface area contributed by atoms with Crippen molar-refractivity contribution in [3.63, 3.8) is 0 Å². The molecule has 0 aromatic heterocycles. The van der Waals surface area contributed by atoms with Gasteiger partial charge in [-0.05, 0) is 59.7 Å². The molecule has 34 heavy (non-hydrogen) atoms. The highest BCUT2D eigenvalue weighted by atomic mass is 32.2. The predicted octanol–water partition coefficient (Wildman–Crippen LogP) is 6.71. The van der Waals surface area contributed by atoms with Crippen molar-refractivity contribution in [3.05, 3.63) is 120 Å². The van der Waals surface area contributed by atoms with E-state index >= 15 is 0 Å². The van der Waals surface area contributed by atoms with Gasteiger partial charge in [-0.15, -0.1) is 11.8 Å². The summed E-state index contributed by atoms with van der Waals surface area (Å²) < 4.78 is 16.3. The van der Waals surface area contributed by atoms with Gasteiger partial charge in [-0.1, -0.05) is 54.6 Å². The van der Waals surface area contributed by atoms with E-state index in [4.69, 9.17) is 14.2 Å². The number of carbonyl (C=O) groups is 1. The predicted molar refractivity (Wildman–Crippen MR) is 134 cm³/mol. The van der Waals surface area contributed by atoms with Gasteiger partial charge in [0, 0.05) is 4.90 Å². The number of hydrogen-bond acceptors (Lipinski definition) is 5. The number of hydrogen-bond donors (Lipinski definition) is 0. The fourth-order valence-corrected chi connectivity index (χ4v) is 5.73. The molecule has 0 saturated carbocycles. The van der Waals surface area contributed by atoms with Gasteiger partial charge >= 0.3 is 0 Å². The monoisotopic (exact) mass is 468 g/mol. The van der Waals surface area contributed by atoms with Gasteiger partial charge in [-0.25, -0.2) is 0 Å². The quantitative estimate of drug-likeness (QED) is 0.315. The summed E-state index contributed by atoms with van der Waals surface area (Å²) in [4.78, 5) is 15.4. The first-order chi connectivity index (χ1) is 16.7. The summed E-state index contributed by atoms with van der Waals surface area (Å²) in [6, 6.07) is 32.9.